The van der Waals surface area contributed by atoms with E-state index in [1.54, 1.807) is 48.5 Å². The van der Waals surface area contributed by atoms with E-state index in [1.807, 2.05) is 0 Å². The number of carbonyl (C=O) groups excluding carboxylic acids is 1. The number of para-hydroxylation sites is 1. The van der Waals surface area contributed by atoms with Crippen LogP contribution in [0.4, 0.5) is 4.39 Å². The Morgan fingerprint density at radius 3 is 2.57 bits per heavy atom. The fourth-order valence-corrected chi connectivity index (χ4v) is 3.04. The summed E-state index contributed by atoms with van der Waals surface area (Å²) in [5.74, 6) is -0.968. The van der Waals surface area contributed by atoms with Crippen molar-refractivity contribution in [2.24, 2.45) is 0 Å². The maximum Gasteiger partial charge on any atom is 0.280 e. The molecule has 0 aliphatic heterocycles. The molecule has 1 N–H and O–H groups in total. The van der Waals surface area contributed by atoms with Gasteiger partial charge in [-0.05, 0) is 42.5 Å². The first-order chi connectivity index (χ1) is 13.5. The van der Waals surface area contributed by atoms with Crippen LogP contribution in [-0.2, 0) is 0 Å². The van der Waals surface area contributed by atoms with E-state index in [4.69, 9.17) is 11.6 Å². The Hall–Kier alpha value is -3.51. The lowest BCUT2D eigenvalue weighted by Gasteiger charge is -2.15. The summed E-state index contributed by atoms with van der Waals surface area (Å²) in [6.07, 6.45) is 0. The Balaban J connectivity index is 1.90. The second-order valence-corrected chi connectivity index (χ2v) is 6.49. The maximum absolute atomic E-state index is 13.5. The third-order valence-corrected chi connectivity index (χ3v) is 4.39. The Morgan fingerprint density at radius 2 is 1.79 bits per heavy atom. The van der Waals surface area contributed by atoms with Crippen LogP contribution in [-0.4, -0.2) is 15.6 Å². The standard InChI is InChI=1S/C21H13ClFN3O2/c22-15-7-3-5-13(11-15)19-24-18-10-2-1-9-17(18)21(28)26(19)25-20(27)14-6-4-8-16(23)12-14/h1-12H,(H,25,27). The number of carbonyl (C=O) groups is 1. The molecule has 0 saturated carbocycles. The minimum Gasteiger partial charge on any atom is -0.267 e. The van der Waals surface area contributed by atoms with Crippen molar-refractivity contribution in [2.75, 3.05) is 5.43 Å². The summed E-state index contributed by atoms with van der Waals surface area (Å²) < 4.78 is 14.5. The SMILES string of the molecule is O=C(Nn1c(-c2cccc(Cl)c2)nc2ccccc2c1=O)c1cccc(F)c1. The summed E-state index contributed by atoms with van der Waals surface area (Å²) in [6, 6.07) is 18.8. The van der Waals surface area contributed by atoms with Crippen LogP contribution in [0.3, 0.4) is 0 Å². The second kappa shape index (κ2) is 7.25. The molecule has 0 radical (unpaired) electrons. The third kappa shape index (κ3) is 3.37. The van der Waals surface area contributed by atoms with E-state index >= 15 is 0 Å². The van der Waals surface area contributed by atoms with E-state index in [-0.39, 0.29) is 11.4 Å². The van der Waals surface area contributed by atoms with Gasteiger partial charge in [-0.1, -0.05) is 41.9 Å². The summed E-state index contributed by atoms with van der Waals surface area (Å²) in [4.78, 5) is 30.2. The van der Waals surface area contributed by atoms with E-state index in [0.29, 0.717) is 21.5 Å². The van der Waals surface area contributed by atoms with Crippen LogP contribution in [0.1, 0.15) is 10.4 Å². The molecule has 0 unspecified atom stereocenters. The Labute approximate surface area is 164 Å². The highest BCUT2D eigenvalue weighted by Crippen LogP contribution is 2.21. The number of benzene rings is 3. The number of halogens is 2. The zero-order valence-corrected chi connectivity index (χ0v) is 15.2. The first-order valence-corrected chi connectivity index (χ1v) is 8.75. The van der Waals surface area contributed by atoms with Gasteiger partial charge in [-0.2, -0.15) is 4.68 Å². The first kappa shape index (κ1) is 17.9. The van der Waals surface area contributed by atoms with Gasteiger partial charge in [-0.3, -0.25) is 15.0 Å². The van der Waals surface area contributed by atoms with Gasteiger partial charge in [0.05, 0.1) is 10.9 Å². The lowest BCUT2D eigenvalue weighted by Crippen LogP contribution is -2.35. The zero-order chi connectivity index (χ0) is 19.7. The molecule has 4 rings (SSSR count). The minimum atomic E-state index is -0.637. The number of rotatable bonds is 3. The molecule has 138 valence electrons. The van der Waals surface area contributed by atoms with Gasteiger partial charge >= 0.3 is 0 Å². The number of amides is 1. The molecule has 1 heterocycles. The summed E-state index contributed by atoms with van der Waals surface area (Å²) in [5, 5.41) is 0.802. The van der Waals surface area contributed by atoms with Crippen LogP contribution in [0.2, 0.25) is 5.02 Å². The number of hydrogen-bond acceptors (Lipinski definition) is 3. The van der Waals surface area contributed by atoms with Crippen molar-refractivity contribution in [1.82, 2.24) is 9.66 Å². The van der Waals surface area contributed by atoms with Crippen LogP contribution >= 0.6 is 11.6 Å². The number of nitrogens with zero attached hydrogens (tertiary/aromatic N) is 2. The third-order valence-electron chi connectivity index (χ3n) is 4.16. The van der Waals surface area contributed by atoms with Gasteiger partial charge in [0, 0.05) is 16.1 Å². The van der Waals surface area contributed by atoms with Gasteiger partial charge in [0.25, 0.3) is 11.5 Å². The smallest absolute Gasteiger partial charge is 0.267 e. The molecule has 5 nitrogen and oxygen atoms in total. The molecule has 0 saturated heterocycles. The van der Waals surface area contributed by atoms with E-state index < -0.39 is 17.3 Å². The summed E-state index contributed by atoms with van der Waals surface area (Å²) in [5.41, 5.74) is 3.19. The fraction of sp³-hybridized carbons (Fsp3) is 0. The topological polar surface area (TPSA) is 64.0 Å². The molecule has 28 heavy (non-hydrogen) atoms. The molecular weight excluding hydrogens is 381 g/mol. The van der Waals surface area contributed by atoms with Gasteiger partial charge < -0.3 is 0 Å². The van der Waals surface area contributed by atoms with Crippen LogP contribution < -0.4 is 11.0 Å². The van der Waals surface area contributed by atoms with E-state index in [1.165, 1.54) is 18.2 Å². The molecule has 0 spiro atoms. The Morgan fingerprint density at radius 1 is 1.00 bits per heavy atom. The monoisotopic (exact) mass is 393 g/mol. The van der Waals surface area contributed by atoms with Crippen molar-refractivity contribution < 1.29 is 9.18 Å². The van der Waals surface area contributed by atoms with Gasteiger partial charge in [0.1, 0.15) is 5.82 Å². The molecule has 0 bridgehead atoms. The molecule has 1 aromatic heterocycles. The molecule has 3 aromatic carbocycles. The lowest BCUT2D eigenvalue weighted by molar-refractivity contribution is 0.101. The summed E-state index contributed by atoms with van der Waals surface area (Å²) >= 11 is 6.08. The molecule has 7 heteroatoms. The Kier molecular flexibility index (Phi) is 4.63. The van der Waals surface area contributed by atoms with Gasteiger partial charge in [-0.15, -0.1) is 0 Å². The molecule has 4 aromatic rings. The average molecular weight is 394 g/mol. The van der Waals surface area contributed by atoms with Gasteiger partial charge in [-0.25, -0.2) is 9.37 Å². The van der Waals surface area contributed by atoms with Crippen molar-refractivity contribution >= 4 is 28.4 Å². The minimum absolute atomic E-state index is 0.0807. The van der Waals surface area contributed by atoms with Gasteiger partial charge in [0.2, 0.25) is 0 Å². The predicted molar refractivity (Wildman–Crippen MR) is 107 cm³/mol. The number of nitrogens with one attached hydrogen (secondary N) is 1. The quantitative estimate of drug-likeness (QED) is 0.566. The van der Waals surface area contributed by atoms with E-state index in [0.717, 1.165) is 10.7 Å². The maximum atomic E-state index is 13.5. The molecule has 0 aliphatic carbocycles. The largest absolute Gasteiger partial charge is 0.280 e. The fourth-order valence-electron chi connectivity index (χ4n) is 2.85. The molecule has 1 amide bonds. The lowest BCUT2D eigenvalue weighted by atomic mass is 10.2. The van der Waals surface area contributed by atoms with E-state index in [2.05, 4.69) is 10.4 Å². The Bertz CT molecular complexity index is 1270. The normalized spacial score (nSPS) is 10.8. The van der Waals surface area contributed by atoms with Crippen molar-refractivity contribution in [3.8, 4) is 11.4 Å². The summed E-state index contributed by atoms with van der Waals surface area (Å²) in [7, 11) is 0. The molecular formula is C21H13ClFN3O2. The first-order valence-electron chi connectivity index (χ1n) is 8.37. The zero-order valence-electron chi connectivity index (χ0n) is 14.4. The molecule has 0 fully saturated rings. The molecule has 0 atom stereocenters. The highest BCUT2D eigenvalue weighted by atomic mass is 35.5. The number of aromatic nitrogens is 2. The van der Waals surface area contributed by atoms with Crippen LogP contribution in [0.15, 0.2) is 77.6 Å². The van der Waals surface area contributed by atoms with Crippen molar-refractivity contribution in [1.29, 1.82) is 0 Å². The van der Waals surface area contributed by atoms with Crippen molar-refractivity contribution in [3.05, 3.63) is 99.6 Å². The van der Waals surface area contributed by atoms with Gasteiger partial charge in [0.15, 0.2) is 5.82 Å². The van der Waals surface area contributed by atoms with Crippen molar-refractivity contribution in [3.63, 3.8) is 0 Å². The van der Waals surface area contributed by atoms with Crippen LogP contribution in [0.5, 0.6) is 0 Å². The molecule has 0 aliphatic rings. The average Bonchev–Trinajstić information content (AvgIpc) is 2.70. The number of fused-ring (bicyclic) bond motifs is 1. The van der Waals surface area contributed by atoms with Crippen molar-refractivity contribution in [2.45, 2.75) is 0 Å². The number of hydrogen-bond donors (Lipinski definition) is 1. The highest BCUT2D eigenvalue weighted by molar-refractivity contribution is 6.30. The second-order valence-electron chi connectivity index (χ2n) is 6.05. The van der Waals surface area contributed by atoms with Crippen LogP contribution in [0.25, 0.3) is 22.3 Å². The highest BCUT2D eigenvalue weighted by Gasteiger charge is 2.16. The predicted octanol–water partition coefficient (Wildman–Crippen LogP) is 4.24. The van der Waals surface area contributed by atoms with Crippen LogP contribution in [0, 0.1) is 5.82 Å². The summed E-state index contributed by atoms with van der Waals surface area (Å²) in [6.45, 7) is 0. The van der Waals surface area contributed by atoms with E-state index in [9.17, 15) is 14.0 Å².